The second kappa shape index (κ2) is 4.15. The molecule has 1 aliphatic carbocycles. The SMILES string of the molecule is C[N+]1(C)Cc2cc3c(cc2C1)CCCC3.[Br-]. The van der Waals surface area contributed by atoms with Gasteiger partial charge in [0.1, 0.15) is 13.1 Å². The zero-order chi connectivity index (χ0) is 10.5. The maximum atomic E-state index is 2.50. The van der Waals surface area contributed by atoms with Gasteiger partial charge in [-0.2, -0.15) is 0 Å². The van der Waals surface area contributed by atoms with Crippen molar-refractivity contribution in [2.75, 3.05) is 14.1 Å². The molecule has 2 heteroatoms. The molecule has 0 spiro atoms. The summed E-state index contributed by atoms with van der Waals surface area (Å²) in [5.41, 5.74) is 6.50. The summed E-state index contributed by atoms with van der Waals surface area (Å²) in [4.78, 5) is 0. The van der Waals surface area contributed by atoms with E-state index in [1.165, 1.54) is 38.8 Å². The van der Waals surface area contributed by atoms with Crippen LogP contribution >= 0.6 is 0 Å². The van der Waals surface area contributed by atoms with E-state index in [-0.39, 0.29) is 17.0 Å². The van der Waals surface area contributed by atoms with Crippen molar-refractivity contribution in [2.24, 2.45) is 0 Å². The lowest BCUT2D eigenvalue weighted by Crippen LogP contribution is -3.00. The van der Waals surface area contributed by atoms with Gasteiger partial charge in [0.15, 0.2) is 0 Å². The van der Waals surface area contributed by atoms with E-state index in [9.17, 15) is 0 Å². The Balaban J connectivity index is 0.000000963. The number of nitrogens with zero attached hydrogens (tertiary/aromatic N) is 1. The fraction of sp³-hybridized carbons (Fsp3) is 0.571. The van der Waals surface area contributed by atoms with Crippen molar-refractivity contribution in [1.29, 1.82) is 0 Å². The van der Waals surface area contributed by atoms with Crippen molar-refractivity contribution in [1.82, 2.24) is 0 Å². The summed E-state index contributed by atoms with van der Waals surface area (Å²) in [6.45, 7) is 2.45. The zero-order valence-corrected chi connectivity index (χ0v) is 11.8. The Labute approximate surface area is 109 Å². The van der Waals surface area contributed by atoms with Gasteiger partial charge in [-0.25, -0.2) is 0 Å². The summed E-state index contributed by atoms with van der Waals surface area (Å²) in [6.07, 6.45) is 5.42. The highest BCUT2D eigenvalue weighted by atomic mass is 79.9. The van der Waals surface area contributed by atoms with Gasteiger partial charge in [-0.15, -0.1) is 0 Å². The Bertz CT molecular complexity index is 372. The monoisotopic (exact) mass is 281 g/mol. The number of fused-ring (bicyclic) bond motifs is 2. The molecule has 0 aromatic heterocycles. The molecule has 0 saturated heterocycles. The third-order valence-electron chi connectivity index (χ3n) is 3.86. The van der Waals surface area contributed by atoms with Gasteiger partial charge in [-0.05, 0) is 48.9 Å². The Kier molecular flexibility index (Phi) is 3.15. The van der Waals surface area contributed by atoms with Crippen LogP contribution in [0.3, 0.4) is 0 Å². The normalized spacial score (nSPS) is 20.9. The minimum absolute atomic E-state index is 0. The van der Waals surface area contributed by atoms with Gasteiger partial charge in [0.05, 0.1) is 14.1 Å². The third-order valence-corrected chi connectivity index (χ3v) is 3.86. The number of rotatable bonds is 0. The van der Waals surface area contributed by atoms with Gasteiger partial charge < -0.3 is 21.5 Å². The van der Waals surface area contributed by atoms with Gasteiger partial charge in [0.25, 0.3) is 0 Å². The molecule has 0 N–H and O–H groups in total. The Morgan fingerprint density at radius 1 is 0.812 bits per heavy atom. The first-order valence-corrected chi connectivity index (χ1v) is 6.10. The van der Waals surface area contributed by atoms with Crippen molar-refractivity contribution in [3.05, 3.63) is 34.4 Å². The van der Waals surface area contributed by atoms with E-state index in [1.54, 1.807) is 22.3 Å². The van der Waals surface area contributed by atoms with Gasteiger partial charge in [-0.1, -0.05) is 0 Å². The molecule has 0 bridgehead atoms. The van der Waals surface area contributed by atoms with Crippen molar-refractivity contribution in [3.8, 4) is 0 Å². The smallest absolute Gasteiger partial charge is 0.105 e. The fourth-order valence-corrected chi connectivity index (χ4v) is 3.16. The van der Waals surface area contributed by atoms with Gasteiger partial charge in [0.2, 0.25) is 0 Å². The molecule has 1 aromatic carbocycles. The van der Waals surface area contributed by atoms with Crippen LogP contribution in [0.25, 0.3) is 0 Å². The van der Waals surface area contributed by atoms with Crippen LogP contribution in [0, 0.1) is 0 Å². The standard InChI is InChI=1S/C14H20N.BrH/c1-15(2)9-13-7-11-5-3-4-6-12(11)8-14(13)10-15;/h7-8H,3-6,9-10H2,1-2H3;1H/q+1;/p-1. The first-order valence-electron chi connectivity index (χ1n) is 6.10. The molecule has 0 atom stereocenters. The van der Waals surface area contributed by atoms with Crippen molar-refractivity contribution in [3.63, 3.8) is 0 Å². The highest BCUT2D eigenvalue weighted by Crippen LogP contribution is 2.32. The Morgan fingerprint density at radius 3 is 1.69 bits per heavy atom. The molecule has 0 saturated carbocycles. The minimum atomic E-state index is 0. The fourth-order valence-electron chi connectivity index (χ4n) is 3.16. The molecule has 1 heterocycles. The summed E-state index contributed by atoms with van der Waals surface area (Å²) in [6, 6.07) is 4.99. The van der Waals surface area contributed by atoms with E-state index in [2.05, 4.69) is 26.2 Å². The molecule has 88 valence electrons. The van der Waals surface area contributed by atoms with Crippen LogP contribution in [0.2, 0.25) is 0 Å². The molecule has 0 radical (unpaired) electrons. The van der Waals surface area contributed by atoms with Gasteiger partial charge in [-0.3, -0.25) is 0 Å². The summed E-state index contributed by atoms with van der Waals surface area (Å²) in [5.74, 6) is 0. The number of benzene rings is 1. The first kappa shape index (κ1) is 12.1. The van der Waals surface area contributed by atoms with Crippen LogP contribution in [0.5, 0.6) is 0 Å². The third kappa shape index (κ3) is 2.05. The van der Waals surface area contributed by atoms with E-state index in [4.69, 9.17) is 0 Å². The number of hydrogen-bond donors (Lipinski definition) is 0. The van der Waals surface area contributed by atoms with Gasteiger partial charge >= 0.3 is 0 Å². The zero-order valence-electron chi connectivity index (χ0n) is 10.2. The Hall–Kier alpha value is -0.340. The number of quaternary nitrogens is 1. The van der Waals surface area contributed by atoms with Crippen LogP contribution in [-0.4, -0.2) is 18.6 Å². The summed E-state index contributed by atoms with van der Waals surface area (Å²) >= 11 is 0. The molecule has 16 heavy (non-hydrogen) atoms. The quantitative estimate of drug-likeness (QED) is 0.571. The molecule has 1 aromatic rings. The first-order chi connectivity index (χ1) is 7.14. The van der Waals surface area contributed by atoms with Crippen molar-refractivity contribution >= 4 is 0 Å². The van der Waals surface area contributed by atoms with Crippen molar-refractivity contribution in [2.45, 2.75) is 38.8 Å². The van der Waals surface area contributed by atoms with Crippen LogP contribution in [0.4, 0.5) is 0 Å². The Morgan fingerprint density at radius 2 is 1.25 bits per heavy atom. The maximum Gasteiger partial charge on any atom is 0.105 e. The second-order valence-electron chi connectivity index (χ2n) is 5.85. The molecule has 0 unspecified atom stereocenters. The molecule has 3 rings (SSSR count). The lowest BCUT2D eigenvalue weighted by Gasteiger charge is -2.22. The highest BCUT2D eigenvalue weighted by molar-refractivity contribution is 5.40. The van der Waals surface area contributed by atoms with Crippen LogP contribution in [0.1, 0.15) is 35.1 Å². The summed E-state index contributed by atoms with van der Waals surface area (Å²) in [5, 5.41) is 0. The highest BCUT2D eigenvalue weighted by Gasteiger charge is 2.28. The predicted molar refractivity (Wildman–Crippen MR) is 62.6 cm³/mol. The van der Waals surface area contributed by atoms with E-state index in [0.717, 1.165) is 4.48 Å². The molecule has 0 fully saturated rings. The second-order valence-corrected chi connectivity index (χ2v) is 5.85. The van der Waals surface area contributed by atoms with E-state index < -0.39 is 0 Å². The van der Waals surface area contributed by atoms with E-state index in [1.807, 2.05) is 0 Å². The minimum Gasteiger partial charge on any atom is -1.00 e. The summed E-state index contributed by atoms with van der Waals surface area (Å²) in [7, 11) is 4.66. The van der Waals surface area contributed by atoms with Crippen LogP contribution in [0.15, 0.2) is 12.1 Å². The maximum absolute atomic E-state index is 2.50. The average Bonchev–Trinajstić information content (AvgIpc) is 2.46. The summed E-state index contributed by atoms with van der Waals surface area (Å²) < 4.78 is 1.14. The lowest BCUT2D eigenvalue weighted by molar-refractivity contribution is -0.910. The number of hydrogen-bond acceptors (Lipinski definition) is 0. The largest absolute Gasteiger partial charge is 1.00 e. The topological polar surface area (TPSA) is 0 Å². The molecular formula is C14H20BrN. The lowest BCUT2D eigenvalue weighted by atomic mass is 9.89. The van der Waals surface area contributed by atoms with Gasteiger partial charge in [0, 0.05) is 11.1 Å². The van der Waals surface area contributed by atoms with E-state index in [0.29, 0.717) is 0 Å². The molecular weight excluding hydrogens is 262 g/mol. The number of aryl methyl sites for hydroxylation is 2. The van der Waals surface area contributed by atoms with E-state index >= 15 is 0 Å². The van der Waals surface area contributed by atoms with Crippen LogP contribution < -0.4 is 17.0 Å². The molecule has 1 nitrogen and oxygen atoms in total. The average molecular weight is 282 g/mol. The van der Waals surface area contributed by atoms with Crippen LogP contribution in [-0.2, 0) is 25.9 Å². The number of halogens is 1. The molecule has 2 aliphatic rings. The molecule has 0 amide bonds. The molecule has 1 aliphatic heterocycles. The predicted octanol–water partition coefficient (Wildman–Crippen LogP) is -0.341. The van der Waals surface area contributed by atoms with Crippen molar-refractivity contribution < 1.29 is 21.5 Å².